The quantitative estimate of drug-likeness (QED) is 0.610. The first-order valence-electron chi connectivity index (χ1n) is 7.85. The monoisotopic (exact) mass is 371 g/mol. The Bertz CT molecular complexity index is 904. The summed E-state index contributed by atoms with van der Waals surface area (Å²) in [5, 5.41) is 5.38. The minimum absolute atomic E-state index is 0.148. The van der Waals surface area contributed by atoms with Crippen molar-refractivity contribution in [2.24, 2.45) is 0 Å². The molecule has 3 nitrogen and oxygen atoms in total. The van der Waals surface area contributed by atoms with Gasteiger partial charge in [0.25, 0.3) is 5.91 Å². The van der Waals surface area contributed by atoms with E-state index in [1.807, 2.05) is 36.6 Å². The van der Waals surface area contributed by atoms with Gasteiger partial charge in [0.05, 0.1) is 4.88 Å². The van der Waals surface area contributed by atoms with Crippen molar-refractivity contribution in [1.82, 2.24) is 0 Å². The summed E-state index contributed by atoms with van der Waals surface area (Å²) < 4.78 is 5.86. The topological polar surface area (TPSA) is 38.3 Å². The van der Waals surface area contributed by atoms with Crippen molar-refractivity contribution in [2.75, 3.05) is 5.32 Å². The summed E-state index contributed by atoms with van der Waals surface area (Å²) in [6.45, 7) is 4.52. The zero-order valence-corrected chi connectivity index (χ0v) is 15.6. The molecule has 0 bridgehead atoms. The number of hydrogen-bond donors (Lipinski definition) is 1. The van der Waals surface area contributed by atoms with Crippen LogP contribution >= 0.6 is 22.9 Å². The zero-order chi connectivity index (χ0) is 17.8. The van der Waals surface area contributed by atoms with Crippen LogP contribution in [0, 0.1) is 13.8 Å². The maximum absolute atomic E-state index is 12.3. The lowest BCUT2D eigenvalue weighted by Gasteiger charge is -2.08. The van der Waals surface area contributed by atoms with Gasteiger partial charge in [0.1, 0.15) is 12.4 Å². The van der Waals surface area contributed by atoms with Gasteiger partial charge in [0, 0.05) is 16.3 Å². The molecule has 0 unspecified atom stereocenters. The maximum atomic E-state index is 12.3. The number of benzene rings is 2. The Morgan fingerprint density at radius 1 is 1.16 bits per heavy atom. The molecule has 0 saturated heterocycles. The molecule has 0 aliphatic heterocycles. The number of amides is 1. The van der Waals surface area contributed by atoms with Gasteiger partial charge in [-0.05, 0) is 55.1 Å². The fraction of sp³-hybridized carbons (Fsp3) is 0.150. The summed E-state index contributed by atoms with van der Waals surface area (Å²) >= 11 is 7.33. The largest absolute Gasteiger partial charge is 0.489 e. The molecule has 3 rings (SSSR count). The van der Waals surface area contributed by atoms with Gasteiger partial charge < -0.3 is 10.1 Å². The summed E-state index contributed by atoms with van der Waals surface area (Å²) in [4.78, 5) is 13.0. The third kappa shape index (κ3) is 4.62. The Morgan fingerprint density at radius 2 is 2.00 bits per heavy atom. The summed E-state index contributed by atoms with van der Waals surface area (Å²) in [5.41, 5.74) is 3.97. The molecule has 2 aromatic carbocycles. The Morgan fingerprint density at radius 3 is 2.76 bits per heavy atom. The van der Waals surface area contributed by atoms with E-state index in [0.29, 0.717) is 22.2 Å². The van der Waals surface area contributed by atoms with Crippen LogP contribution in [0.5, 0.6) is 5.75 Å². The molecule has 1 heterocycles. The molecule has 1 amide bonds. The number of carbonyl (C=O) groups is 1. The number of halogens is 1. The molecule has 0 radical (unpaired) electrons. The fourth-order valence-electron chi connectivity index (χ4n) is 2.45. The first-order chi connectivity index (χ1) is 12.0. The van der Waals surface area contributed by atoms with Crippen molar-refractivity contribution >= 4 is 34.5 Å². The van der Waals surface area contributed by atoms with Crippen LogP contribution in [0.2, 0.25) is 5.02 Å². The highest BCUT2D eigenvalue weighted by atomic mass is 35.5. The van der Waals surface area contributed by atoms with Crippen LogP contribution in [0.25, 0.3) is 0 Å². The standard InChI is InChI=1S/C20H18ClNO2S/c1-13-6-7-18(14(2)8-13)24-11-15-9-19(25-12-15)20(23)22-17-5-3-4-16(21)10-17/h3-10,12H,11H2,1-2H3,(H,22,23). The second-order valence-electron chi connectivity index (χ2n) is 5.84. The molecule has 0 atom stereocenters. The normalized spacial score (nSPS) is 10.5. The van der Waals surface area contributed by atoms with Crippen molar-refractivity contribution in [3.05, 3.63) is 80.5 Å². The number of carbonyl (C=O) groups excluding carboxylic acids is 1. The minimum Gasteiger partial charge on any atom is -0.489 e. The van der Waals surface area contributed by atoms with Crippen molar-refractivity contribution < 1.29 is 9.53 Å². The van der Waals surface area contributed by atoms with E-state index in [2.05, 4.69) is 18.3 Å². The van der Waals surface area contributed by atoms with E-state index in [-0.39, 0.29) is 5.91 Å². The second kappa shape index (κ2) is 7.72. The number of ether oxygens (including phenoxy) is 1. The number of anilines is 1. The zero-order valence-electron chi connectivity index (χ0n) is 14.0. The van der Waals surface area contributed by atoms with Gasteiger partial charge >= 0.3 is 0 Å². The molecule has 0 fully saturated rings. The van der Waals surface area contributed by atoms with Gasteiger partial charge in [0.15, 0.2) is 0 Å². The smallest absolute Gasteiger partial charge is 0.265 e. The first kappa shape index (κ1) is 17.5. The molecule has 3 aromatic rings. The molecule has 25 heavy (non-hydrogen) atoms. The van der Waals surface area contributed by atoms with Crippen LogP contribution in [0.15, 0.2) is 53.9 Å². The highest BCUT2D eigenvalue weighted by molar-refractivity contribution is 7.12. The predicted molar refractivity (Wildman–Crippen MR) is 104 cm³/mol. The molecule has 1 N–H and O–H groups in total. The summed E-state index contributed by atoms with van der Waals surface area (Å²) in [6, 6.07) is 15.0. The van der Waals surface area contributed by atoms with Gasteiger partial charge in [-0.25, -0.2) is 0 Å². The van der Waals surface area contributed by atoms with Crippen LogP contribution in [-0.4, -0.2) is 5.91 Å². The van der Waals surface area contributed by atoms with Crippen LogP contribution in [0.1, 0.15) is 26.4 Å². The lowest BCUT2D eigenvalue weighted by atomic mass is 10.1. The van der Waals surface area contributed by atoms with Crippen molar-refractivity contribution in [3.63, 3.8) is 0 Å². The predicted octanol–water partition coefficient (Wildman–Crippen LogP) is 5.85. The van der Waals surface area contributed by atoms with Crippen LogP contribution in [0.3, 0.4) is 0 Å². The average Bonchev–Trinajstić information content (AvgIpc) is 3.03. The number of rotatable bonds is 5. The van der Waals surface area contributed by atoms with E-state index in [0.717, 1.165) is 16.9 Å². The van der Waals surface area contributed by atoms with E-state index >= 15 is 0 Å². The summed E-state index contributed by atoms with van der Waals surface area (Å²) in [5.74, 6) is 0.715. The van der Waals surface area contributed by atoms with Gasteiger partial charge in [-0.2, -0.15) is 0 Å². The number of thiophene rings is 1. The summed E-state index contributed by atoms with van der Waals surface area (Å²) in [7, 11) is 0. The Hall–Kier alpha value is -2.30. The molecular weight excluding hydrogens is 354 g/mol. The summed E-state index contributed by atoms with van der Waals surface area (Å²) in [6.07, 6.45) is 0. The fourth-order valence-corrected chi connectivity index (χ4v) is 3.43. The third-order valence-electron chi connectivity index (χ3n) is 3.68. The van der Waals surface area contributed by atoms with E-state index in [1.165, 1.54) is 16.9 Å². The highest BCUT2D eigenvalue weighted by Gasteiger charge is 2.10. The van der Waals surface area contributed by atoms with Crippen molar-refractivity contribution in [3.8, 4) is 5.75 Å². The Kier molecular flexibility index (Phi) is 5.41. The van der Waals surface area contributed by atoms with Crippen LogP contribution in [-0.2, 0) is 6.61 Å². The van der Waals surface area contributed by atoms with Crippen LogP contribution in [0.4, 0.5) is 5.69 Å². The van der Waals surface area contributed by atoms with E-state index in [9.17, 15) is 4.79 Å². The van der Waals surface area contributed by atoms with E-state index in [4.69, 9.17) is 16.3 Å². The van der Waals surface area contributed by atoms with Crippen molar-refractivity contribution in [1.29, 1.82) is 0 Å². The average molecular weight is 372 g/mol. The maximum Gasteiger partial charge on any atom is 0.265 e. The van der Waals surface area contributed by atoms with Gasteiger partial charge in [-0.15, -0.1) is 11.3 Å². The molecular formula is C20H18ClNO2S. The number of hydrogen-bond acceptors (Lipinski definition) is 3. The van der Waals surface area contributed by atoms with Crippen molar-refractivity contribution in [2.45, 2.75) is 20.5 Å². The molecule has 128 valence electrons. The molecule has 1 aromatic heterocycles. The Balaban J connectivity index is 1.62. The second-order valence-corrected chi connectivity index (χ2v) is 7.19. The third-order valence-corrected chi connectivity index (χ3v) is 4.90. The minimum atomic E-state index is -0.148. The van der Waals surface area contributed by atoms with Gasteiger partial charge in [0.2, 0.25) is 0 Å². The van der Waals surface area contributed by atoms with Gasteiger partial charge in [-0.3, -0.25) is 4.79 Å². The highest BCUT2D eigenvalue weighted by Crippen LogP contribution is 2.23. The number of nitrogens with one attached hydrogen (secondary N) is 1. The first-order valence-corrected chi connectivity index (χ1v) is 9.11. The molecule has 0 spiro atoms. The molecule has 0 saturated carbocycles. The Labute approximate surface area is 156 Å². The van der Waals surface area contributed by atoms with Crippen LogP contribution < -0.4 is 10.1 Å². The van der Waals surface area contributed by atoms with E-state index in [1.54, 1.807) is 18.2 Å². The van der Waals surface area contributed by atoms with E-state index < -0.39 is 0 Å². The molecule has 5 heteroatoms. The lowest BCUT2D eigenvalue weighted by molar-refractivity contribution is 0.103. The molecule has 0 aliphatic carbocycles. The molecule has 0 aliphatic rings. The number of aryl methyl sites for hydroxylation is 2. The lowest BCUT2D eigenvalue weighted by Crippen LogP contribution is -2.10. The SMILES string of the molecule is Cc1ccc(OCc2csc(C(=O)Nc3cccc(Cl)c3)c2)c(C)c1. The van der Waals surface area contributed by atoms with Gasteiger partial charge in [-0.1, -0.05) is 35.4 Å².